The first kappa shape index (κ1) is 14.2. The number of aromatic nitrogens is 2. The van der Waals surface area contributed by atoms with Crippen molar-refractivity contribution in [3.05, 3.63) is 30.1 Å². The van der Waals surface area contributed by atoms with E-state index in [1.54, 1.807) is 0 Å². The molecule has 1 aliphatic heterocycles. The second-order valence-electron chi connectivity index (χ2n) is 5.18. The summed E-state index contributed by atoms with van der Waals surface area (Å²) in [6.45, 7) is 6.44. The maximum atomic E-state index is 6.30. The largest absolute Gasteiger partial charge is 0.325 e. The molecular weight excluding hydrogens is 290 g/mol. The summed E-state index contributed by atoms with van der Waals surface area (Å²) in [6, 6.07) is 8.30. The third kappa shape index (κ3) is 2.97. The highest BCUT2D eigenvalue weighted by Gasteiger charge is 2.16. The zero-order valence-corrected chi connectivity index (χ0v) is 13.3. The van der Waals surface area contributed by atoms with Crippen LogP contribution in [0.2, 0.25) is 0 Å². The molecule has 1 fully saturated rings. The molecule has 0 amide bonds. The van der Waals surface area contributed by atoms with E-state index in [1.807, 2.05) is 13.0 Å². The number of imidazole rings is 1. The summed E-state index contributed by atoms with van der Waals surface area (Å²) in [7, 11) is 0. The smallest absolute Gasteiger partial charge is 0.127 e. The summed E-state index contributed by atoms with van der Waals surface area (Å²) in [4.78, 5) is 7.22. The Morgan fingerprint density at radius 1 is 1.25 bits per heavy atom. The maximum Gasteiger partial charge on any atom is 0.127 e. The van der Waals surface area contributed by atoms with Crippen molar-refractivity contribution in [1.29, 1.82) is 0 Å². The Hall–Kier alpha value is -0.710. The van der Waals surface area contributed by atoms with Gasteiger partial charge in [0.1, 0.15) is 5.82 Å². The van der Waals surface area contributed by atoms with Crippen molar-refractivity contribution in [2.24, 2.45) is 0 Å². The molecule has 1 aromatic carbocycles. The average Bonchev–Trinajstić information content (AvgIpc) is 2.85. The first-order chi connectivity index (χ1) is 9.75. The molecule has 1 saturated heterocycles. The first-order valence-corrected chi connectivity index (χ1v) is 8.74. The standard InChI is InChI=1S/C15H20ClN3S/c1-12(16)15-17-13-4-2-3-5-14(13)19(15)7-6-18-8-10-20-11-9-18/h2-5,12H,6-11H2,1H3. The zero-order chi connectivity index (χ0) is 13.9. The van der Waals surface area contributed by atoms with Crippen LogP contribution in [0, 0.1) is 0 Å². The van der Waals surface area contributed by atoms with Crippen LogP contribution in [-0.2, 0) is 6.54 Å². The third-order valence-corrected chi connectivity index (χ3v) is 4.92. The van der Waals surface area contributed by atoms with Crippen LogP contribution in [0.1, 0.15) is 18.1 Å². The monoisotopic (exact) mass is 309 g/mol. The van der Waals surface area contributed by atoms with Crippen LogP contribution < -0.4 is 0 Å². The molecule has 2 aromatic rings. The average molecular weight is 310 g/mol. The molecule has 3 rings (SSSR count). The van der Waals surface area contributed by atoms with Crippen molar-refractivity contribution in [2.45, 2.75) is 18.8 Å². The molecule has 1 atom stereocenters. The fourth-order valence-corrected chi connectivity index (χ4v) is 3.84. The van der Waals surface area contributed by atoms with Gasteiger partial charge in [0.2, 0.25) is 0 Å². The lowest BCUT2D eigenvalue weighted by molar-refractivity contribution is 0.289. The van der Waals surface area contributed by atoms with Crippen molar-refractivity contribution in [3.63, 3.8) is 0 Å². The van der Waals surface area contributed by atoms with Gasteiger partial charge in [0.25, 0.3) is 0 Å². The van der Waals surface area contributed by atoms with Crippen molar-refractivity contribution in [3.8, 4) is 0 Å². The molecule has 0 spiro atoms. The van der Waals surface area contributed by atoms with Gasteiger partial charge in [0.15, 0.2) is 0 Å². The zero-order valence-electron chi connectivity index (χ0n) is 11.8. The molecule has 2 heterocycles. The lowest BCUT2D eigenvalue weighted by Crippen LogP contribution is -2.35. The maximum absolute atomic E-state index is 6.30. The van der Waals surface area contributed by atoms with Crippen LogP contribution in [0.25, 0.3) is 11.0 Å². The Morgan fingerprint density at radius 2 is 2.00 bits per heavy atom. The molecule has 20 heavy (non-hydrogen) atoms. The first-order valence-electron chi connectivity index (χ1n) is 7.15. The highest BCUT2D eigenvalue weighted by molar-refractivity contribution is 7.99. The number of thioether (sulfide) groups is 1. The number of halogens is 1. The van der Waals surface area contributed by atoms with Gasteiger partial charge >= 0.3 is 0 Å². The summed E-state index contributed by atoms with van der Waals surface area (Å²) >= 11 is 8.35. The van der Waals surface area contributed by atoms with Gasteiger partial charge in [0.05, 0.1) is 16.4 Å². The van der Waals surface area contributed by atoms with E-state index in [0.29, 0.717) is 0 Å². The van der Waals surface area contributed by atoms with E-state index < -0.39 is 0 Å². The fraction of sp³-hybridized carbons (Fsp3) is 0.533. The van der Waals surface area contributed by atoms with E-state index in [-0.39, 0.29) is 5.38 Å². The van der Waals surface area contributed by atoms with E-state index in [2.05, 4.69) is 44.4 Å². The Morgan fingerprint density at radius 3 is 2.75 bits per heavy atom. The molecule has 1 aliphatic rings. The van der Waals surface area contributed by atoms with Crippen LogP contribution in [0.3, 0.4) is 0 Å². The van der Waals surface area contributed by atoms with Crippen molar-refractivity contribution < 1.29 is 0 Å². The van der Waals surface area contributed by atoms with E-state index >= 15 is 0 Å². The van der Waals surface area contributed by atoms with Crippen LogP contribution in [0.15, 0.2) is 24.3 Å². The molecule has 108 valence electrons. The highest BCUT2D eigenvalue weighted by atomic mass is 35.5. The number of nitrogens with zero attached hydrogens (tertiary/aromatic N) is 3. The lowest BCUT2D eigenvalue weighted by Gasteiger charge is -2.26. The number of benzene rings is 1. The molecule has 0 bridgehead atoms. The summed E-state index contributed by atoms with van der Waals surface area (Å²) in [6.07, 6.45) is 0. The molecular formula is C15H20ClN3S. The number of hydrogen-bond donors (Lipinski definition) is 0. The van der Waals surface area contributed by atoms with Crippen LogP contribution >= 0.6 is 23.4 Å². The number of para-hydroxylation sites is 2. The minimum Gasteiger partial charge on any atom is -0.325 e. The van der Waals surface area contributed by atoms with Gasteiger partial charge in [-0.3, -0.25) is 4.90 Å². The molecule has 1 aromatic heterocycles. The second kappa shape index (κ2) is 6.37. The molecule has 0 aliphatic carbocycles. The highest BCUT2D eigenvalue weighted by Crippen LogP contribution is 2.24. The lowest BCUT2D eigenvalue weighted by atomic mass is 10.3. The predicted octanol–water partition coefficient (Wildman–Crippen LogP) is 3.38. The minimum atomic E-state index is -0.0562. The summed E-state index contributed by atoms with van der Waals surface area (Å²) in [5, 5.41) is -0.0562. The second-order valence-corrected chi connectivity index (χ2v) is 7.06. The van der Waals surface area contributed by atoms with Crippen molar-refractivity contribution in [1.82, 2.24) is 14.5 Å². The topological polar surface area (TPSA) is 21.1 Å². The van der Waals surface area contributed by atoms with Gasteiger partial charge < -0.3 is 4.57 Å². The molecule has 1 unspecified atom stereocenters. The van der Waals surface area contributed by atoms with Gasteiger partial charge in [-0.1, -0.05) is 12.1 Å². The van der Waals surface area contributed by atoms with Gasteiger partial charge in [-0.25, -0.2) is 4.98 Å². The Balaban J connectivity index is 1.83. The van der Waals surface area contributed by atoms with Gasteiger partial charge in [-0.2, -0.15) is 11.8 Å². The number of hydrogen-bond acceptors (Lipinski definition) is 3. The van der Waals surface area contributed by atoms with E-state index in [1.165, 1.54) is 30.1 Å². The van der Waals surface area contributed by atoms with E-state index in [0.717, 1.165) is 24.4 Å². The van der Waals surface area contributed by atoms with Gasteiger partial charge in [0, 0.05) is 37.7 Å². The molecule has 3 nitrogen and oxygen atoms in total. The van der Waals surface area contributed by atoms with Crippen molar-refractivity contribution in [2.75, 3.05) is 31.1 Å². The Labute approximate surface area is 129 Å². The van der Waals surface area contributed by atoms with Crippen LogP contribution in [0.4, 0.5) is 0 Å². The predicted molar refractivity (Wildman–Crippen MR) is 87.8 cm³/mol. The Kier molecular flexibility index (Phi) is 4.54. The van der Waals surface area contributed by atoms with Gasteiger partial charge in [-0.05, 0) is 19.1 Å². The molecule has 0 radical (unpaired) electrons. The SMILES string of the molecule is CC(Cl)c1nc2ccccc2n1CCN1CCSCC1. The Bertz CT molecular complexity index is 576. The minimum absolute atomic E-state index is 0.0562. The third-order valence-electron chi connectivity index (χ3n) is 3.78. The molecule has 5 heteroatoms. The van der Waals surface area contributed by atoms with Crippen LogP contribution in [0.5, 0.6) is 0 Å². The quantitative estimate of drug-likeness (QED) is 0.808. The van der Waals surface area contributed by atoms with Crippen LogP contribution in [-0.4, -0.2) is 45.6 Å². The summed E-state index contributed by atoms with van der Waals surface area (Å²) < 4.78 is 2.29. The van der Waals surface area contributed by atoms with E-state index in [9.17, 15) is 0 Å². The molecule has 0 saturated carbocycles. The van der Waals surface area contributed by atoms with Gasteiger partial charge in [-0.15, -0.1) is 11.6 Å². The van der Waals surface area contributed by atoms with Crippen molar-refractivity contribution >= 4 is 34.4 Å². The fourth-order valence-electron chi connectivity index (χ4n) is 2.70. The number of fused-ring (bicyclic) bond motifs is 1. The van der Waals surface area contributed by atoms with E-state index in [4.69, 9.17) is 11.6 Å². The summed E-state index contributed by atoms with van der Waals surface area (Å²) in [5.74, 6) is 3.49. The normalized spacial score (nSPS) is 18.5. The molecule has 0 N–H and O–H groups in total. The summed E-state index contributed by atoms with van der Waals surface area (Å²) in [5.41, 5.74) is 2.24. The number of alkyl halides is 1. The number of rotatable bonds is 4.